The van der Waals surface area contributed by atoms with E-state index in [0.29, 0.717) is 0 Å². The van der Waals surface area contributed by atoms with Gasteiger partial charge in [-0.25, -0.2) is 0 Å². The summed E-state index contributed by atoms with van der Waals surface area (Å²) < 4.78 is 0. The predicted molar refractivity (Wildman–Crippen MR) is 60.2 cm³/mol. The highest BCUT2D eigenvalue weighted by Crippen LogP contribution is 2.35. The maximum absolute atomic E-state index is 5.79. The smallest absolute Gasteiger partial charge is 0.0139 e. The van der Waals surface area contributed by atoms with Crippen LogP contribution in [0.25, 0.3) is 0 Å². The van der Waals surface area contributed by atoms with Crippen LogP contribution in [0.15, 0.2) is 0 Å². The summed E-state index contributed by atoms with van der Waals surface area (Å²) in [4.78, 5) is 2.77. The first-order chi connectivity index (χ1) is 6.86. The van der Waals surface area contributed by atoms with Gasteiger partial charge in [-0.3, -0.25) is 4.90 Å². The third kappa shape index (κ3) is 1.82. The van der Waals surface area contributed by atoms with E-state index in [4.69, 9.17) is 5.73 Å². The van der Waals surface area contributed by atoms with Crippen molar-refractivity contribution in [1.29, 1.82) is 0 Å². The number of rotatable bonds is 3. The largest absolute Gasteiger partial charge is 0.330 e. The van der Waals surface area contributed by atoms with Crippen LogP contribution in [-0.4, -0.2) is 30.1 Å². The Labute approximate surface area is 87.8 Å². The molecular weight excluding hydrogens is 172 g/mol. The minimum atomic E-state index is 0.808. The molecule has 0 aromatic heterocycles. The monoisotopic (exact) mass is 196 g/mol. The summed E-state index contributed by atoms with van der Waals surface area (Å²) in [7, 11) is 0. The topological polar surface area (TPSA) is 29.3 Å². The standard InChI is InChI=1S/C12H24N2/c1-2-11-5-3-4-8-14(11)12-7-6-10(12)9-13/h10-12H,2-9,13H2,1H3. The van der Waals surface area contributed by atoms with Gasteiger partial charge in [0.1, 0.15) is 0 Å². The van der Waals surface area contributed by atoms with E-state index in [-0.39, 0.29) is 0 Å². The molecule has 1 heterocycles. The van der Waals surface area contributed by atoms with Gasteiger partial charge in [0.2, 0.25) is 0 Å². The number of hydrogen-bond donors (Lipinski definition) is 1. The first-order valence-electron chi connectivity index (χ1n) is 6.32. The lowest BCUT2D eigenvalue weighted by molar-refractivity contribution is 0.00921. The van der Waals surface area contributed by atoms with Crippen molar-refractivity contribution in [2.24, 2.45) is 11.7 Å². The molecule has 3 unspecified atom stereocenters. The summed E-state index contributed by atoms with van der Waals surface area (Å²) >= 11 is 0. The lowest BCUT2D eigenvalue weighted by atomic mass is 9.77. The molecule has 14 heavy (non-hydrogen) atoms. The summed E-state index contributed by atoms with van der Waals surface area (Å²) in [5, 5.41) is 0. The van der Waals surface area contributed by atoms with Crippen LogP contribution in [0.2, 0.25) is 0 Å². The summed E-state index contributed by atoms with van der Waals surface area (Å²) in [5.41, 5.74) is 5.79. The Balaban J connectivity index is 1.93. The highest BCUT2D eigenvalue weighted by Gasteiger charge is 2.37. The molecule has 0 radical (unpaired) electrons. The Morgan fingerprint density at radius 2 is 2.07 bits per heavy atom. The summed E-state index contributed by atoms with van der Waals surface area (Å²) in [6, 6.07) is 1.70. The fraction of sp³-hybridized carbons (Fsp3) is 1.00. The average molecular weight is 196 g/mol. The van der Waals surface area contributed by atoms with Gasteiger partial charge in [-0.2, -0.15) is 0 Å². The van der Waals surface area contributed by atoms with Crippen LogP contribution < -0.4 is 5.73 Å². The number of hydrogen-bond acceptors (Lipinski definition) is 2. The van der Waals surface area contributed by atoms with E-state index in [9.17, 15) is 0 Å². The molecule has 0 bridgehead atoms. The van der Waals surface area contributed by atoms with Crippen molar-refractivity contribution in [2.45, 2.75) is 57.5 Å². The summed E-state index contributed by atoms with van der Waals surface area (Å²) in [6.45, 7) is 4.57. The molecule has 1 aliphatic carbocycles. The SMILES string of the molecule is CCC1CCCCN1C1CCC1CN. The molecule has 0 spiro atoms. The first kappa shape index (κ1) is 10.4. The van der Waals surface area contributed by atoms with E-state index in [1.165, 1.54) is 45.1 Å². The van der Waals surface area contributed by atoms with Crippen LogP contribution in [0, 0.1) is 5.92 Å². The molecule has 1 aliphatic heterocycles. The molecule has 1 saturated carbocycles. The van der Waals surface area contributed by atoms with Crippen LogP contribution >= 0.6 is 0 Å². The number of nitrogens with zero attached hydrogens (tertiary/aromatic N) is 1. The molecule has 0 amide bonds. The fourth-order valence-corrected chi connectivity index (χ4v) is 3.16. The van der Waals surface area contributed by atoms with Crippen LogP contribution in [0.3, 0.4) is 0 Å². The van der Waals surface area contributed by atoms with Gasteiger partial charge in [0, 0.05) is 12.1 Å². The van der Waals surface area contributed by atoms with Crippen molar-refractivity contribution < 1.29 is 0 Å². The average Bonchev–Trinajstić information content (AvgIpc) is 2.18. The van der Waals surface area contributed by atoms with Crippen molar-refractivity contribution >= 4 is 0 Å². The molecule has 2 rings (SSSR count). The molecule has 2 fully saturated rings. The van der Waals surface area contributed by atoms with Crippen molar-refractivity contribution in [1.82, 2.24) is 4.90 Å². The van der Waals surface area contributed by atoms with Gasteiger partial charge in [0.05, 0.1) is 0 Å². The third-order valence-corrected chi connectivity index (χ3v) is 4.25. The van der Waals surface area contributed by atoms with E-state index in [1.54, 1.807) is 0 Å². The van der Waals surface area contributed by atoms with Gasteiger partial charge in [0.15, 0.2) is 0 Å². The fourth-order valence-electron chi connectivity index (χ4n) is 3.16. The Morgan fingerprint density at radius 3 is 2.64 bits per heavy atom. The Morgan fingerprint density at radius 1 is 1.21 bits per heavy atom. The molecule has 2 aliphatic rings. The minimum Gasteiger partial charge on any atom is -0.330 e. The van der Waals surface area contributed by atoms with Crippen LogP contribution in [-0.2, 0) is 0 Å². The molecule has 1 saturated heterocycles. The Kier molecular flexibility index (Phi) is 3.45. The van der Waals surface area contributed by atoms with Crippen LogP contribution in [0.4, 0.5) is 0 Å². The van der Waals surface area contributed by atoms with Crippen molar-refractivity contribution in [3.05, 3.63) is 0 Å². The second-order valence-corrected chi connectivity index (χ2v) is 4.94. The van der Waals surface area contributed by atoms with Crippen LogP contribution in [0.1, 0.15) is 45.4 Å². The normalized spacial score (nSPS) is 39.4. The molecule has 82 valence electrons. The zero-order valence-electron chi connectivity index (χ0n) is 9.41. The summed E-state index contributed by atoms with van der Waals surface area (Å²) in [6.07, 6.45) is 8.36. The van der Waals surface area contributed by atoms with Gasteiger partial charge in [-0.1, -0.05) is 13.3 Å². The number of piperidine rings is 1. The molecule has 2 heteroatoms. The number of likely N-dealkylation sites (tertiary alicyclic amines) is 1. The quantitative estimate of drug-likeness (QED) is 0.748. The zero-order valence-corrected chi connectivity index (χ0v) is 9.41. The highest BCUT2D eigenvalue weighted by molar-refractivity contribution is 4.93. The first-order valence-corrected chi connectivity index (χ1v) is 6.32. The summed E-state index contributed by atoms with van der Waals surface area (Å²) in [5.74, 6) is 0.808. The lowest BCUT2D eigenvalue weighted by Crippen LogP contribution is -2.55. The maximum Gasteiger partial charge on any atom is 0.0139 e. The van der Waals surface area contributed by atoms with E-state index < -0.39 is 0 Å². The van der Waals surface area contributed by atoms with Crippen LogP contribution in [0.5, 0.6) is 0 Å². The van der Waals surface area contributed by atoms with E-state index in [0.717, 1.165) is 24.5 Å². The molecule has 2 N–H and O–H groups in total. The van der Waals surface area contributed by atoms with E-state index >= 15 is 0 Å². The second kappa shape index (κ2) is 4.63. The van der Waals surface area contributed by atoms with Crippen molar-refractivity contribution in [3.63, 3.8) is 0 Å². The molecule has 0 aromatic rings. The Bertz CT molecular complexity index is 179. The molecule has 0 aromatic carbocycles. The van der Waals surface area contributed by atoms with Gasteiger partial charge in [0.25, 0.3) is 0 Å². The van der Waals surface area contributed by atoms with Crippen molar-refractivity contribution in [2.75, 3.05) is 13.1 Å². The van der Waals surface area contributed by atoms with Crippen molar-refractivity contribution in [3.8, 4) is 0 Å². The van der Waals surface area contributed by atoms with Gasteiger partial charge < -0.3 is 5.73 Å². The molecule has 3 atom stereocenters. The lowest BCUT2D eigenvalue weighted by Gasteiger charge is -2.49. The number of nitrogens with two attached hydrogens (primary N) is 1. The van der Waals surface area contributed by atoms with Gasteiger partial charge in [-0.15, -0.1) is 0 Å². The highest BCUT2D eigenvalue weighted by atomic mass is 15.2. The zero-order chi connectivity index (χ0) is 9.97. The van der Waals surface area contributed by atoms with E-state index in [2.05, 4.69) is 11.8 Å². The molecular formula is C12H24N2. The Hall–Kier alpha value is -0.0800. The van der Waals surface area contributed by atoms with E-state index in [1.807, 2.05) is 0 Å². The third-order valence-electron chi connectivity index (χ3n) is 4.25. The van der Waals surface area contributed by atoms with Gasteiger partial charge >= 0.3 is 0 Å². The maximum atomic E-state index is 5.79. The molecule has 2 nitrogen and oxygen atoms in total. The second-order valence-electron chi connectivity index (χ2n) is 4.94. The predicted octanol–water partition coefficient (Wildman–Crippen LogP) is 1.99. The van der Waals surface area contributed by atoms with Gasteiger partial charge in [-0.05, 0) is 51.1 Å². The minimum absolute atomic E-state index is 0.808.